The second-order valence-electron chi connectivity index (χ2n) is 7.18. The molecule has 6 heteroatoms. The summed E-state index contributed by atoms with van der Waals surface area (Å²) in [6, 6.07) is 0.694. The summed E-state index contributed by atoms with van der Waals surface area (Å²) < 4.78 is 2.23. The molecule has 0 aromatic carbocycles. The molecule has 0 saturated carbocycles. The molecule has 1 saturated heterocycles. The van der Waals surface area contributed by atoms with E-state index in [4.69, 9.17) is 7.85 Å². The first kappa shape index (κ1) is 17.9. The molecule has 1 aliphatic heterocycles. The van der Waals surface area contributed by atoms with Gasteiger partial charge in [-0.3, -0.25) is 14.4 Å². The van der Waals surface area contributed by atoms with Gasteiger partial charge >= 0.3 is 0 Å². The molecule has 1 rings (SSSR count). The van der Waals surface area contributed by atoms with E-state index in [-0.39, 0.29) is 17.4 Å². The molecule has 1 heterocycles. The number of carbonyl (C=O) groups excluding carboxylic acids is 1. The number of piperazine rings is 1. The lowest BCUT2D eigenvalue weighted by atomic mass is 9.93. The van der Waals surface area contributed by atoms with Crippen molar-refractivity contribution >= 4 is 23.1 Å². The van der Waals surface area contributed by atoms with Crippen LogP contribution in [0.25, 0.3) is 0 Å². The third kappa shape index (κ3) is 5.35. The van der Waals surface area contributed by atoms with Crippen molar-refractivity contribution in [2.24, 2.45) is 5.41 Å². The van der Waals surface area contributed by atoms with Crippen LogP contribution in [0.1, 0.15) is 27.7 Å². The van der Waals surface area contributed by atoms with Gasteiger partial charge in [0.1, 0.15) is 0 Å². The summed E-state index contributed by atoms with van der Waals surface area (Å²) in [7, 11) is 10.5. The van der Waals surface area contributed by atoms with Crippen LogP contribution < -0.4 is 0 Å². The monoisotopic (exact) mass is 297 g/mol. The van der Waals surface area contributed by atoms with Crippen LogP contribution in [0.3, 0.4) is 0 Å². The summed E-state index contributed by atoms with van der Waals surface area (Å²) in [5.41, 5.74) is 0.129. The van der Waals surface area contributed by atoms with E-state index < -0.39 is 0 Å². The molecular formula is C14H29BN3OP. The van der Waals surface area contributed by atoms with Crippen LogP contribution in [0.2, 0.25) is 6.32 Å². The maximum Gasteiger partial charge on any atom is 0.236 e. The van der Waals surface area contributed by atoms with E-state index in [0.29, 0.717) is 18.9 Å². The van der Waals surface area contributed by atoms with Gasteiger partial charge in [-0.1, -0.05) is 36.5 Å². The molecule has 3 atom stereocenters. The number of nitrogens with zero attached hydrogens (tertiary/aromatic N) is 3. The first-order valence-corrected chi connectivity index (χ1v) is 7.85. The molecule has 2 radical (unpaired) electrons. The van der Waals surface area contributed by atoms with Gasteiger partial charge in [-0.15, -0.1) is 0 Å². The highest BCUT2D eigenvalue weighted by molar-refractivity contribution is 7.13. The van der Waals surface area contributed by atoms with Crippen molar-refractivity contribution in [3.63, 3.8) is 0 Å². The molecule has 1 aliphatic rings. The molecule has 0 aliphatic carbocycles. The molecule has 0 N–H and O–H groups in total. The molecule has 4 nitrogen and oxygen atoms in total. The van der Waals surface area contributed by atoms with E-state index >= 15 is 0 Å². The summed E-state index contributed by atoms with van der Waals surface area (Å²) in [5, 5.41) is 0. The third-order valence-electron chi connectivity index (χ3n) is 3.75. The second kappa shape index (κ2) is 7.24. The summed E-state index contributed by atoms with van der Waals surface area (Å²) in [5.74, 6) is 0.183. The highest BCUT2D eigenvalue weighted by Gasteiger charge is 2.30. The summed E-state index contributed by atoms with van der Waals surface area (Å²) >= 11 is 0. The van der Waals surface area contributed by atoms with Gasteiger partial charge in [-0.05, 0) is 12.3 Å². The Bertz CT molecular complexity index is 335. The van der Waals surface area contributed by atoms with Gasteiger partial charge in [-0.2, -0.15) is 0 Å². The van der Waals surface area contributed by atoms with E-state index in [2.05, 4.69) is 46.7 Å². The zero-order chi connectivity index (χ0) is 15.5. The minimum Gasteiger partial charge on any atom is -0.344 e. The lowest BCUT2D eigenvalue weighted by Crippen LogP contribution is -2.56. The minimum absolute atomic E-state index is 0.129. The van der Waals surface area contributed by atoms with Crippen molar-refractivity contribution in [3.05, 3.63) is 0 Å². The Labute approximate surface area is 127 Å². The topological polar surface area (TPSA) is 26.8 Å². The van der Waals surface area contributed by atoms with Gasteiger partial charge < -0.3 is 4.90 Å². The van der Waals surface area contributed by atoms with Crippen LogP contribution in [0.5, 0.6) is 0 Å². The zero-order valence-corrected chi connectivity index (χ0v) is 14.7. The Kier molecular flexibility index (Phi) is 6.49. The van der Waals surface area contributed by atoms with Crippen LogP contribution in [-0.4, -0.2) is 73.5 Å². The third-order valence-corrected chi connectivity index (χ3v) is 4.47. The van der Waals surface area contributed by atoms with E-state index in [1.165, 1.54) is 0 Å². The van der Waals surface area contributed by atoms with Crippen LogP contribution >= 0.6 is 9.39 Å². The minimum atomic E-state index is 0.129. The molecule has 0 aromatic heterocycles. The maximum atomic E-state index is 12.4. The van der Waals surface area contributed by atoms with Crippen molar-refractivity contribution in [3.8, 4) is 0 Å². The average molecular weight is 297 g/mol. The Hall–Kier alpha value is -0.115. The number of amides is 1. The van der Waals surface area contributed by atoms with Gasteiger partial charge in [-0.25, -0.2) is 0 Å². The van der Waals surface area contributed by atoms with Gasteiger partial charge in [0.25, 0.3) is 0 Å². The lowest BCUT2D eigenvalue weighted by Gasteiger charge is -2.43. The fourth-order valence-corrected chi connectivity index (χ4v) is 2.98. The molecule has 0 bridgehead atoms. The number of hydrogen-bond acceptors (Lipinski definition) is 3. The molecule has 114 valence electrons. The molecule has 1 amide bonds. The van der Waals surface area contributed by atoms with E-state index in [0.717, 1.165) is 19.6 Å². The van der Waals surface area contributed by atoms with Crippen molar-refractivity contribution in [1.82, 2.24) is 14.5 Å². The number of likely N-dealkylation sites (N-methyl/N-ethyl adjacent to an activating group) is 1. The zero-order valence-electron chi connectivity index (χ0n) is 13.6. The predicted octanol–water partition coefficient (Wildman–Crippen LogP) is 1.24. The fraction of sp³-hybridized carbons (Fsp3) is 0.929. The normalized spacial score (nSPS) is 25.7. The highest BCUT2D eigenvalue weighted by Crippen LogP contribution is 2.21. The summed E-state index contributed by atoms with van der Waals surface area (Å²) in [4.78, 5) is 16.4. The van der Waals surface area contributed by atoms with Gasteiger partial charge in [0.05, 0.1) is 14.4 Å². The van der Waals surface area contributed by atoms with Gasteiger partial charge in [0, 0.05) is 38.8 Å². The van der Waals surface area contributed by atoms with Crippen LogP contribution in [0, 0.1) is 5.41 Å². The number of rotatable bonds is 4. The highest BCUT2D eigenvalue weighted by atomic mass is 31.0. The van der Waals surface area contributed by atoms with Crippen LogP contribution in [0.15, 0.2) is 0 Å². The first-order valence-electron chi connectivity index (χ1n) is 7.33. The van der Waals surface area contributed by atoms with Gasteiger partial charge in [0.2, 0.25) is 5.91 Å². The molecule has 0 aromatic rings. The smallest absolute Gasteiger partial charge is 0.236 e. The SMILES string of the molecule is [B]C[C@H]1CN(P)[C@H](C)CN1CC(=O)N(C)CC(C)(C)C. The Morgan fingerprint density at radius 1 is 1.40 bits per heavy atom. The van der Waals surface area contributed by atoms with Crippen molar-refractivity contribution in [2.75, 3.05) is 33.2 Å². The summed E-state index contributed by atoms with van der Waals surface area (Å²) in [6.07, 6.45) is 0.591. The predicted molar refractivity (Wildman–Crippen MR) is 88.9 cm³/mol. The standard InChI is InChI=1S/C14H29BN3OP/c1-11-7-17(12(6-15)8-18(11)20)9-13(19)16(5)10-14(2,3)4/h11-12H,6-10,20H2,1-5H3/t11-,12+/m1/s1. The van der Waals surface area contributed by atoms with Crippen molar-refractivity contribution < 1.29 is 4.79 Å². The van der Waals surface area contributed by atoms with Crippen LogP contribution in [-0.2, 0) is 4.79 Å². The molecular weight excluding hydrogens is 268 g/mol. The molecule has 1 unspecified atom stereocenters. The second-order valence-corrected chi connectivity index (χ2v) is 7.84. The molecule has 0 spiro atoms. The van der Waals surface area contributed by atoms with Crippen molar-refractivity contribution in [2.45, 2.75) is 46.1 Å². The molecule has 20 heavy (non-hydrogen) atoms. The van der Waals surface area contributed by atoms with Crippen molar-refractivity contribution in [1.29, 1.82) is 0 Å². The lowest BCUT2D eigenvalue weighted by molar-refractivity contribution is -0.133. The fourth-order valence-electron chi connectivity index (χ4n) is 2.64. The first-order chi connectivity index (χ1) is 9.14. The quantitative estimate of drug-likeness (QED) is 0.577. The molecule has 1 fully saturated rings. The maximum absolute atomic E-state index is 12.4. The largest absolute Gasteiger partial charge is 0.344 e. The number of hydrogen-bond donors (Lipinski definition) is 0. The number of carbonyl (C=O) groups is 1. The summed E-state index contributed by atoms with van der Waals surface area (Å²) in [6.45, 7) is 11.7. The Morgan fingerprint density at radius 2 is 2.00 bits per heavy atom. The van der Waals surface area contributed by atoms with E-state index in [1.807, 2.05) is 11.9 Å². The Balaban J connectivity index is 2.59. The van der Waals surface area contributed by atoms with Crippen LogP contribution in [0.4, 0.5) is 0 Å². The van der Waals surface area contributed by atoms with Gasteiger partial charge in [0.15, 0.2) is 0 Å². The average Bonchev–Trinajstić information content (AvgIpc) is 2.31. The van der Waals surface area contributed by atoms with E-state index in [9.17, 15) is 4.79 Å². The van der Waals surface area contributed by atoms with E-state index in [1.54, 1.807) is 0 Å². The Morgan fingerprint density at radius 3 is 2.50 bits per heavy atom.